The maximum Gasteiger partial charge on any atom is 0.490 e. The van der Waals surface area contributed by atoms with Gasteiger partial charge in [0.25, 0.3) is 0 Å². The molecule has 1 aliphatic heterocycles. The van der Waals surface area contributed by atoms with Gasteiger partial charge in [0.2, 0.25) is 0 Å². The van der Waals surface area contributed by atoms with Gasteiger partial charge in [-0.05, 0) is 18.2 Å². The van der Waals surface area contributed by atoms with Gasteiger partial charge in [0.15, 0.2) is 0 Å². The molecule has 1 saturated heterocycles. The van der Waals surface area contributed by atoms with Crippen molar-refractivity contribution in [3.05, 3.63) is 35.7 Å². The largest absolute Gasteiger partial charge is 0.490 e. The van der Waals surface area contributed by atoms with E-state index in [1.165, 1.54) is 6.07 Å². The standard InChI is InChI=1S/C11H11F3N2.C2HF3O2/c12-11(13,14)9-2-4-10(16-7-9)3-1-8-5-15-6-8;3-2(4,5)1(6)7/h1-4,7-8,15H,5-6H2;(H,6,7). The molecule has 128 valence electrons. The second-order valence-electron chi connectivity index (χ2n) is 4.55. The smallest absolute Gasteiger partial charge is 0.475 e. The number of carbonyl (C=O) groups is 1. The SMILES string of the molecule is FC(F)(F)c1ccc(C=CC2CNC2)nc1.O=C(O)C(F)(F)F. The fourth-order valence-corrected chi connectivity index (χ4v) is 1.35. The van der Waals surface area contributed by atoms with Crippen LogP contribution < -0.4 is 5.32 Å². The lowest BCUT2D eigenvalue weighted by molar-refractivity contribution is -0.192. The number of nitrogens with one attached hydrogen (secondary N) is 1. The highest BCUT2D eigenvalue weighted by Crippen LogP contribution is 2.28. The van der Waals surface area contributed by atoms with Gasteiger partial charge < -0.3 is 10.4 Å². The zero-order valence-electron chi connectivity index (χ0n) is 11.4. The van der Waals surface area contributed by atoms with Crippen LogP contribution in [0.25, 0.3) is 6.08 Å². The first kappa shape index (κ1) is 18.9. The third-order valence-corrected chi connectivity index (χ3v) is 2.71. The number of aromatic nitrogens is 1. The maximum absolute atomic E-state index is 12.2. The van der Waals surface area contributed by atoms with Gasteiger partial charge >= 0.3 is 18.3 Å². The normalized spacial score (nSPS) is 15.7. The number of nitrogens with zero attached hydrogens (tertiary/aromatic N) is 1. The van der Waals surface area contributed by atoms with Crippen molar-refractivity contribution in [2.45, 2.75) is 12.4 Å². The molecule has 1 aliphatic rings. The average Bonchev–Trinajstić information content (AvgIpc) is 2.36. The summed E-state index contributed by atoms with van der Waals surface area (Å²) in [6.07, 6.45) is -4.82. The summed E-state index contributed by atoms with van der Waals surface area (Å²) < 4.78 is 68.4. The summed E-state index contributed by atoms with van der Waals surface area (Å²) in [7, 11) is 0. The first-order chi connectivity index (χ1) is 10.5. The van der Waals surface area contributed by atoms with E-state index in [2.05, 4.69) is 10.3 Å². The monoisotopic (exact) mass is 342 g/mol. The van der Waals surface area contributed by atoms with Gasteiger partial charge in [-0.1, -0.05) is 6.08 Å². The Kier molecular flexibility index (Phi) is 6.13. The van der Waals surface area contributed by atoms with E-state index in [0.717, 1.165) is 25.4 Å². The van der Waals surface area contributed by atoms with Crippen LogP contribution in [0.3, 0.4) is 0 Å². The molecule has 1 aromatic rings. The van der Waals surface area contributed by atoms with Gasteiger partial charge in [0, 0.05) is 25.2 Å². The quantitative estimate of drug-likeness (QED) is 0.812. The van der Waals surface area contributed by atoms with Crippen LogP contribution in [0.4, 0.5) is 26.3 Å². The molecule has 0 aliphatic carbocycles. The van der Waals surface area contributed by atoms with E-state index in [1.807, 2.05) is 6.08 Å². The van der Waals surface area contributed by atoms with E-state index in [-0.39, 0.29) is 0 Å². The molecular weight excluding hydrogens is 330 g/mol. The van der Waals surface area contributed by atoms with Crippen LogP contribution in [-0.4, -0.2) is 35.3 Å². The number of carboxylic acids is 1. The summed E-state index contributed by atoms with van der Waals surface area (Å²) in [4.78, 5) is 12.6. The minimum atomic E-state index is -5.08. The van der Waals surface area contributed by atoms with Crippen LogP contribution >= 0.6 is 0 Å². The van der Waals surface area contributed by atoms with E-state index in [1.54, 1.807) is 6.08 Å². The third kappa shape index (κ3) is 6.68. The third-order valence-electron chi connectivity index (χ3n) is 2.71. The zero-order chi connectivity index (χ0) is 17.7. The van der Waals surface area contributed by atoms with E-state index in [0.29, 0.717) is 11.6 Å². The summed E-state index contributed by atoms with van der Waals surface area (Å²) in [5.41, 5.74) is -0.158. The summed E-state index contributed by atoms with van der Waals surface area (Å²) in [6, 6.07) is 2.43. The molecule has 1 aromatic heterocycles. The minimum Gasteiger partial charge on any atom is -0.475 e. The van der Waals surface area contributed by atoms with Gasteiger partial charge in [-0.2, -0.15) is 26.3 Å². The highest BCUT2D eigenvalue weighted by molar-refractivity contribution is 5.73. The van der Waals surface area contributed by atoms with Crippen LogP contribution in [0, 0.1) is 5.92 Å². The molecular formula is C13H12F6N2O2. The van der Waals surface area contributed by atoms with Crippen LogP contribution in [0.5, 0.6) is 0 Å². The molecule has 0 spiro atoms. The summed E-state index contributed by atoms with van der Waals surface area (Å²) in [5, 5.41) is 10.2. The molecule has 4 nitrogen and oxygen atoms in total. The predicted octanol–water partition coefficient (Wildman–Crippen LogP) is 2.97. The lowest BCUT2D eigenvalue weighted by Gasteiger charge is -2.23. The lowest BCUT2D eigenvalue weighted by atomic mass is 10.0. The summed E-state index contributed by atoms with van der Waals surface area (Å²) in [5.74, 6) is -2.28. The van der Waals surface area contributed by atoms with Crippen molar-refractivity contribution in [1.82, 2.24) is 10.3 Å². The molecule has 2 N–H and O–H groups in total. The predicted molar refractivity (Wildman–Crippen MR) is 68.3 cm³/mol. The maximum atomic E-state index is 12.2. The minimum absolute atomic E-state index is 0.476. The molecule has 0 atom stereocenters. The van der Waals surface area contributed by atoms with Crippen molar-refractivity contribution >= 4 is 12.0 Å². The zero-order valence-corrected chi connectivity index (χ0v) is 11.4. The van der Waals surface area contributed by atoms with E-state index < -0.39 is 23.9 Å². The van der Waals surface area contributed by atoms with Crippen molar-refractivity contribution in [3.8, 4) is 0 Å². The van der Waals surface area contributed by atoms with Crippen molar-refractivity contribution < 1.29 is 36.2 Å². The summed E-state index contributed by atoms with van der Waals surface area (Å²) in [6.45, 7) is 1.86. The van der Waals surface area contributed by atoms with Gasteiger partial charge in [0.05, 0.1) is 11.3 Å². The Balaban J connectivity index is 0.000000322. The Morgan fingerprint density at radius 1 is 1.22 bits per heavy atom. The first-order valence-corrected chi connectivity index (χ1v) is 6.22. The Morgan fingerprint density at radius 3 is 2.09 bits per heavy atom. The Labute approximate surface area is 126 Å². The van der Waals surface area contributed by atoms with Crippen LogP contribution in [0.15, 0.2) is 24.4 Å². The second-order valence-corrected chi connectivity index (χ2v) is 4.55. The van der Waals surface area contributed by atoms with Crippen LogP contribution in [0.2, 0.25) is 0 Å². The Morgan fingerprint density at radius 2 is 1.78 bits per heavy atom. The topological polar surface area (TPSA) is 62.2 Å². The number of halogens is 6. The van der Waals surface area contributed by atoms with Crippen molar-refractivity contribution in [2.24, 2.45) is 5.92 Å². The highest BCUT2D eigenvalue weighted by atomic mass is 19.4. The lowest BCUT2D eigenvalue weighted by Crippen LogP contribution is -2.40. The van der Waals surface area contributed by atoms with E-state index in [4.69, 9.17) is 9.90 Å². The number of pyridine rings is 1. The molecule has 0 unspecified atom stereocenters. The van der Waals surface area contributed by atoms with Crippen molar-refractivity contribution in [1.29, 1.82) is 0 Å². The van der Waals surface area contributed by atoms with E-state index >= 15 is 0 Å². The van der Waals surface area contributed by atoms with Crippen molar-refractivity contribution in [2.75, 3.05) is 13.1 Å². The molecule has 0 radical (unpaired) electrons. The van der Waals surface area contributed by atoms with E-state index in [9.17, 15) is 26.3 Å². The molecule has 0 aromatic carbocycles. The fourth-order valence-electron chi connectivity index (χ4n) is 1.35. The number of alkyl halides is 6. The Bertz CT molecular complexity index is 547. The average molecular weight is 342 g/mol. The van der Waals surface area contributed by atoms with Crippen molar-refractivity contribution in [3.63, 3.8) is 0 Å². The highest BCUT2D eigenvalue weighted by Gasteiger charge is 2.38. The molecule has 0 saturated carbocycles. The number of hydrogen-bond donors (Lipinski definition) is 2. The number of hydrogen-bond acceptors (Lipinski definition) is 3. The number of aliphatic carboxylic acids is 1. The molecule has 10 heteroatoms. The second kappa shape index (κ2) is 7.44. The molecule has 2 rings (SSSR count). The first-order valence-electron chi connectivity index (χ1n) is 6.22. The molecule has 0 bridgehead atoms. The fraction of sp³-hybridized carbons (Fsp3) is 0.385. The van der Waals surface area contributed by atoms with Crippen LogP contribution in [-0.2, 0) is 11.0 Å². The molecule has 23 heavy (non-hydrogen) atoms. The van der Waals surface area contributed by atoms with Gasteiger partial charge in [-0.15, -0.1) is 0 Å². The molecule has 0 amide bonds. The molecule has 2 heterocycles. The Hall–Kier alpha value is -2.10. The van der Waals surface area contributed by atoms with Gasteiger partial charge in [-0.25, -0.2) is 4.79 Å². The van der Waals surface area contributed by atoms with Gasteiger partial charge in [-0.3, -0.25) is 4.98 Å². The van der Waals surface area contributed by atoms with Crippen LogP contribution in [0.1, 0.15) is 11.3 Å². The number of carboxylic acid groups (broad SMARTS) is 1. The summed E-state index contributed by atoms with van der Waals surface area (Å²) >= 11 is 0. The number of rotatable bonds is 2. The van der Waals surface area contributed by atoms with Gasteiger partial charge in [0.1, 0.15) is 0 Å². The molecule has 1 fully saturated rings.